The van der Waals surface area contributed by atoms with Gasteiger partial charge in [0.05, 0.1) is 23.0 Å². The molecule has 3 N–H and O–H groups in total. The maximum absolute atomic E-state index is 13.3. The molecule has 2 aromatic rings. The van der Waals surface area contributed by atoms with Crippen LogP contribution >= 0.6 is 0 Å². The van der Waals surface area contributed by atoms with Gasteiger partial charge in [0.2, 0.25) is 0 Å². The SMILES string of the molecule is C[C@@H](NC(=O)c1cccc(F)c1N)c1ccccn1. The fourth-order valence-corrected chi connectivity index (χ4v) is 1.72. The highest BCUT2D eigenvalue weighted by Gasteiger charge is 2.15. The van der Waals surface area contributed by atoms with Crippen LogP contribution < -0.4 is 11.1 Å². The molecule has 0 fully saturated rings. The zero-order valence-corrected chi connectivity index (χ0v) is 10.4. The summed E-state index contributed by atoms with van der Waals surface area (Å²) < 4.78 is 13.3. The van der Waals surface area contributed by atoms with Crippen LogP contribution in [-0.4, -0.2) is 10.9 Å². The van der Waals surface area contributed by atoms with E-state index in [-0.39, 0.29) is 17.3 Å². The molecule has 5 heteroatoms. The van der Waals surface area contributed by atoms with Crippen molar-refractivity contribution < 1.29 is 9.18 Å². The van der Waals surface area contributed by atoms with Crippen molar-refractivity contribution in [1.29, 1.82) is 0 Å². The van der Waals surface area contributed by atoms with Gasteiger partial charge in [-0.3, -0.25) is 9.78 Å². The molecule has 2 rings (SSSR count). The monoisotopic (exact) mass is 259 g/mol. The number of benzene rings is 1. The number of hydrogen-bond acceptors (Lipinski definition) is 3. The van der Waals surface area contributed by atoms with Gasteiger partial charge in [-0.2, -0.15) is 0 Å². The molecule has 0 saturated carbocycles. The average Bonchev–Trinajstić information content (AvgIpc) is 2.42. The number of nitrogens with zero attached hydrogens (tertiary/aromatic N) is 1. The van der Waals surface area contributed by atoms with Gasteiger partial charge in [0, 0.05) is 6.20 Å². The number of pyridine rings is 1. The first kappa shape index (κ1) is 13.0. The molecule has 4 nitrogen and oxygen atoms in total. The third-order valence-electron chi connectivity index (χ3n) is 2.78. The Morgan fingerprint density at radius 2 is 2.11 bits per heavy atom. The number of carbonyl (C=O) groups excluding carboxylic acids is 1. The Morgan fingerprint density at radius 3 is 2.79 bits per heavy atom. The maximum Gasteiger partial charge on any atom is 0.254 e. The largest absolute Gasteiger partial charge is 0.396 e. The number of carbonyl (C=O) groups is 1. The minimum atomic E-state index is -0.599. The van der Waals surface area contributed by atoms with Gasteiger partial charge in [0.1, 0.15) is 5.82 Å². The van der Waals surface area contributed by atoms with Gasteiger partial charge in [-0.15, -0.1) is 0 Å². The molecule has 0 bridgehead atoms. The van der Waals surface area contributed by atoms with Crippen molar-refractivity contribution in [3.8, 4) is 0 Å². The lowest BCUT2D eigenvalue weighted by Crippen LogP contribution is -2.28. The van der Waals surface area contributed by atoms with E-state index >= 15 is 0 Å². The second-order valence-corrected chi connectivity index (χ2v) is 4.15. The number of amides is 1. The van der Waals surface area contributed by atoms with Crippen LogP contribution in [0, 0.1) is 5.82 Å². The quantitative estimate of drug-likeness (QED) is 0.831. The predicted octanol–water partition coefficient (Wildman–Crippen LogP) is 2.29. The summed E-state index contributed by atoms with van der Waals surface area (Å²) in [5.41, 5.74) is 6.26. The first-order valence-corrected chi connectivity index (χ1v) is 5.85. The highest BCUT2D eigenvalue weighted by atomic mass is 19.1. The summed E-state index contributed by atoms with van der Waals surface area (Å²) >= 11 is 0. The van der Waals surface area contributed by atoms with Crippen LogP contribution in [0.2, 0.25) is 0 Å². The number of nitrogens with two attached hydrogens (primary N) is 1. The summed E-state index contributed by atoms with van der Waals surface area (Å²) in [6.45, 7) is 1.80. The molecule has 0 aliphatic heterocycles. The number of aromatic nitrogens is 1. The van der Waals surface area contributed by atoms with E-state index in [9.17, 15) is 9.18 Å². The van der Waals surface area contributed by atoms with Crippen LogP contribution in [0.1, 0.15) is 29.0 Å². The molecular formula is C14H14FN3O. The van der Waals surface area contributed by atoms with E-state index in [2.05, 4.69) is 10.3 Å². The topological polar surface area (TPSA) is 68.0 Å². The lowest BCUT2D eigenvalue weighted by Gasteiger charge is -2.14. The Balaban J connectivity index is 2.16. The third-order valence-corrected chi connectivity index (χ3v) is 2.78. The first-order valence-electron chi connectivity index (χ1n) is 5.85. The molecule has 0 spiro atoms. The third kappa shape index (κ3) is 2.88. The summed E-state index contributed by atoms with van der Waals surface area (Å²) in [6.07, 6.45) is 1.65. The first-order chi connectivity index (χ1) is 9.09. The molecule has 19 heavy (non-hydrogen) atoms. The van der Waals surface area contributed by atoms with E-state index in [0.717, 1.165) is 5.69 Å². The number of halogens is 1. The Morgan fingerprint density at radius 1 is 1.32 bits per heavy atom. The van der Waals surface area contributed by atoms with Crippen molar-refractivity contribution in [2.24, 2.45) is 0 Å². The molecule has 0 aliphatic carbocycles. The van der Waals surface area contributed by atoms with Crippen molar-refractivity contribution in [2.75, 3.05) is 5.73 Å². The maximum atomic E-state index is 13.3. The zero-order valence-electron chi connectivity index (χ0n) is 10.4. The Bertz CT molecular complexity index is 586. The fourth-order valence-electron chi connectivity index (χ4n) is 1.72. The van der Waals surface area contributed by atoms with Crippen LogP contribution in [0.3, 0.4) is 0 Å². The molecule has 1 amide bonds. The fraction of sp³-hybridized carbons (Fsp3) is 0.143. The molecule has 0 saturated heterocycles. The van der Waals surface area contributed by atoms with Crippen molar-refractivity contribution in [2.45, 2.75) is 13.0 Å². The number of rotatable bonds is 3. The molecule has 1 heterocycles. The van der Waals surface area contributed by atoms with Crippen molar-refractivity contribution in [3.05, 3.63) is 59.7 Å². The van der Waals surface area contributed by atoms with Gasteiger partial charge in [-0.25, -0.2) is 4.39 Å². The van der Waals surface area contributed by atoms with Gasteiger partial charge < -0.3 is 11.1 Å². The van der Waals surface area contributed by atoms with Gasteiger partial charge >= 0.3 is 0 Å². The van der Waals surface area contributed by atoms with Gasteiger partial charge in [0.15, 0.2) is 0 Å². The van der Waals surface area contributed by atoms with E-state index in [1.807, 2.05) is 6.07 Å². The lowest BCUT2D eigenvalue weighted by atomic mass is 10.1. The summed E-state index contributed by atoms with van der Waals surface area (Å²) in [4.78, 5) is 16.2. The normalized spacial score (nSPS) is 11.9. The number of para-hydroxylation sites is 1. The summed E-state index contributed by atoms with van der Waals surface area (Å²) in [6, 6.07) is 9.31. The molecular weight excluding hydrogens is 245 g/mol. The lowest BCUT2D eigenvalue weighted by molar-refractivity contribution is 0.0939. The summed E-state index contributed by atoms with van der Waals surface area (Å²) in [7, 11) is 0. The van der Waals surface area contributed by atoms with E-state index in [1.54, 1.807) is 25.3 Å². The predicted molar refractivity (Wildman–Crippen MR) is 70.9 cm³/mol. The highest BCUT2D eigenvalue weighted by molar-refractivity contribution is 5.99. The number of nitrogen functional groups attached to an aromatic ring is 1. The van der Waals surface area contributed by atoms with Crippen molar-refractivity contribution in [1.82, 2.24) is 10.3 Å². The van der Waals surface area contributed by atoms with Gasteiger partial charge in [-0.05, 0) is 31.2 Å². The Kier molecular flexibility index (Phi) is 3.75. The molecule has 0 unspecified atom stereocenters. The van der Waals surface area contributed by atoms with Gasteiger partial charge in [-0.1, -0.05) is 12.1 Å². The average molecular weight is 259 g/mol. The minimum Gasteiger partial charge on any atom is -0.396 e. The molecule has 0 aliphatic rings. The van der Waals surface area contributed by atoms with Crippen molar-refractivity contribution >= 4 is 11.6 Å². The number of anilines is 1. The Hall–Kier alpha value is -2.43. The van der Waals surface area contributed by atoms with E-state index in [4.69, 9.17) is 5.73 Å². The van der Waals surface area contributed by atoms with Crippen LogP contribution in [0.4, 0.5) is 10.1 Å². The molecule has 1 aromatic carbocycles. The number of nitrogens with one attached hydrogen (secondary N) is 1. The van der Waals surface area contributed by atoms with Crippen LogP contribution in [0.25, 0.3) is 0 Å². The standard InChI is InChI=1S/C14H14FN3O/c1-9(12-7-2-3-8-17-12)18-14(19)10-5-4-6-11(15)13(10)16/h2-9H,16H2,1H3,(H,18,19)/t9-/m1/s1. The summed E-state index contributed by atoms with van der Waals surface area (Å²) in [5, 5.41) is 2.73. The zero-order chi connectivity index (χ0) is 13.8. The Labute approximate surface area is 110 Å². The van der Waals surface area contributed by atoms with Crippen LogP contribution in [0.15, 0.2) is 42.6 Å². The van der Waals surface area contributed by atoms with Crippen LogP contribution in [-0.2, 0) is 0 Å². The van der Waals surface area contributed by atoms with Gasteiger partial charge in [0.25, 0.3) is 5.91 Å². The van der Waals surface area contributed by atoms with Crippen LogP contribution in [0.5, 0.6) is 0 Å². The highest BCUT2D eigenvalue weighted by Crippen LogP contribution is 2.17. The van der Waals surface area contributed by atoms with E-state index in [0.29, 0.717) is 0 Å². The second-order valence-electron chi connectivity index (χ2n) is 4.15. The van der Waals surface area contributed by atoms with E-state index in [1.165, 1.54) is 18.2 Å². The minimum absolute atomic E-state index is 0.128. The smallest absolute Gasteiger partial charge is 0.254 e. The summed E-state index contributed by atoms with van der Waals surface area (Å²) in [5.74, 6) is -1.02. The molecule has 0 radical (unpaired) electrons. The van der Waals surface area contributed by atoms with Crippen molar-refractivity contribution in [3.63, 3.8) is 0 Å². The van der Waals surface area contributed by atoms with E-state index < -0.39 is 11.7 Å². The number of hydrogen-bond donors (Lipinski definition) is 2. The molecule has 1 atom stereocenters. The molecule has 1 aromatic heterocycles. The second kappa shape index (κ2) is 5.48. The molecule has 98 valence electrons.